The molecule has 0 aliphatic heterocycles. The van der Waals surface area contributed by atoms with Crippen LogP contribution in [0.25, 0.3) is 0 Å². The van der Waals surface area contributed by atoms with Crippen molar-refractivity contribution in [2.24, 2.45) is 0 Å². The Balaban J connectivity index is 1.58. The topological polar surface area (TPSA) is 76.1 Å². The smallest absolute Gasteiger partial charge is 0.276 e. The SMILES string of the molecule is COc1ccccc1CCNc1ccc(C(=O)Nc2c(F)cccc2F)nn1. The average Bonchev–Trinajstić information content (AvgIpc) is 2.71. The number of para-hydroxylation sites is 2. The van der Waals surface area contributed by atoms with E-state index < -0.39 is 23.2 Å². The van der Waals surface area contributed by atoms with Crippen molar-refractivity contribution in [2.75, 3.05) is 24.3 Å². The van der Waals surface area contributed by atoms with Gasteiger partial charge in [-0.15, -0.1) is 10.2 Å². The molecule has 0 aliphatic carbocycles. The molecular formula is C20H18F2N4O2. The largest absolute Gasteiger partial charge is 0.496 e. The molecule has 1 aromatic heterocycles. The number of benzene rings is 2. The van der Waals surface area contributed by atoms with Gasteiger partial charge in [0, 0.05) is 6.54 Å². The minimum atomic E-state index is -0.865. The summed E-state index contributed by atoms with van der Waals surface area (Å²) in [5.41, 5.74) is 0.472. The maximum Gasteiger partial charge on any atom is 0.276 e. The van der Waals surface area contributed by atoms with Crippen molar-refractivity contribution in [2.45, 2.75) is 6.42 Å². The normalized spacial score (nSPS) is 10.4. The molecule has 144 valence electrons. The number of amides is 1. The minimum absolute atomic E-state index is 0.0575. The number of nitrogens with zero attached hydrogens (tertiary/aromatic N) is 2. The van der Waals surface area contributed by atoms with Gasteiger partial charge in [0.2, 0.25) is 0 Å². The van der Waals surface area contributed by atoms with E-state index in [1.165, 1.54) is 12.1 Å². The van der Waals surface area contributed by atoms with Crippen molar-refractivity contribution < 1.29 is 18.3 Å². The van der Waals surface area contributed by atoms with E-state index >= 15 is 0 Å². The molecular weight excluding hydrogens is 366 g/mol. The van der Waals surface area contributed by atoms with Gasteiger partial charge in [0.15, 0.2) is 5.69 Å². The Morgan fingerprint density at radius 3 is 2.43 bits per heavy atom. The van der Waals surface area contributed by atoms with E-state index in [0.29, 0.717) is 18.8 Å². The summed E-state index contributed by atoms with van der Waals surface area (Å²) >= 11 is 0. The molecule has 1 heterocycles. The van der Waals surface area contributed by atoms with E-state index in [9.17, 15) is 13.6 Å². The fraction of sp³-hybridized carbons (Fsp3) is 0.150. The number of halogens is 2. The summed E-state index contributed by atoms with van der Waals surface area (Å²) < 4.78 is 32.5. The summed E-state index contributed by atoms with van der Waals surface area (Å²) in [5.74, 6) is -1.20. The van der Waals surface area contributed by atoms with Crippen LogP contribution in [0, 0.1) is 11.6 Å². The van der Waals surface area contributed by atoms with Gasteiger partial charge in [0.25, 0.3) is 5.91 Å². The van der Waals surface area contributed by atoms with E-state index in [4.69, 9.17) is 4.74 Å². The van der Waals surface area contributed by atoms with Crippen LogP contribution in [-0.2, 0) is 6.42 Å². The van der Waals surface area contributed by atoms with E-state index in [1.807, 2.05) is 24.3 Å². The Kier molecular flexibility index (Phi) is 6.11. The molecule has 28 heavy (non-hydrogen) atoms. The second-order valence-corrected chi connectivity index (χ2v) is 5.84. The number of nitrogens with one attached hydrogen (secondary N) is 2. The number of hydrogen-bond acceptors (Lipinski definition) is 5. The van der Waals surface area contributed by atoms with Gasteiger partial charge < -0.3 is 15.4 Å². The molecule has 3 aromatic rings. The highest BCUT2D eigenvalue weighted by Gasteiger charge is 2.14. The molecule has 3 rings (SSSR count). The van der Waals surface area contributed by atoms with E-state index in [0.717, 1.165) is 23.4 Å². The number of rotatable bonds is 7. The first-order valence-electron chi connectivity index (χ1n) is 8.53. The van der Waals surface area contributed by atoms with E-state index in [1.54, 1.807) is 13.2 Å². The summed E-state index contributed by atoms with van der Waals surface area (Å²) in [6.45, 7) is 0.584. The van der Waals surface area contributed by atoms with Crippen molar-refractivity contribution in [1.29, 1.82) is 0 Å². The van der Waals surface area contributed by atoms with Crippen LogP contribution in [0.2, 0.25) is 0 Å². The summed E-state index contributed by atoms with van der Waals surface area (Å²) in [5, 5.41) is 13.0. The summed E-state index contributed by atoms with van der Waals surface area (Å²) in [6.07, 6.45) is 0.709. The van der Waals surface area contributed by atoms with Gasteiger partial charge in [-0.3, -0.25) is 4.79 Å². The molecule has 6 nitrogen and oxygen atoms in total. The number of hydrogen-bond donors (Lipinski definition) is 2. The zero-order chi connectivity index (χ0) is 19.9. The van der Waals surface area contributed by atoms with E-state index in [-0.39, 0.29) is 5.69 Å². The fourth-order valence-corrected chi connectivity index (χ4v) is 2.58. The predicted molar refractivity (Wildman–Crippen MR) is 102 cm³/mol. The van der Waals surface area contributed by atoms with Gasteiger partial charge >= 0.3 is 0 Å². The molecule has 0 radical (unpaired) electrons. The molecule has 1 amide bonds. The maximum absolute atomic E-state index is 13.6. The van der Waals surface area contributed by atoms with E-state index in [2.05, 4.69) is 20.8 Å². The van der Waals surface area contributed by atoms with Crippen LogP contribution in [0.1, 0.15) is 16.1 Å². The maximum atomic E-state index is 13.6. The van der Waals surface area contributed by atoms with Crippen LogP contribution < -0.4 is 15.4 Å². The molecule has 0 spiro atoms. The van der Waals surface area contributed by atoms with Gasteiger partial charge in [-0.05, 0) is 42.3 Å². The number of carbonyl (C=O) groups excluding carboxylic acids is 1. The average molecular weight is 384 g/mol. The van der Waals surface area contributed by atoms with Crippen LogP contribution >= 0.6 is 0 Å². The summed E-state index contributed by atoms with van der Waals surface area (Å²) in [6, 6.07) is 14.0. The third-order valence-electron chi connectivity index (χ3n) is 3.99. The lowest BCUT2D eigenvalue weighted by molar-refractivity contribution is 0.102. The second-order valence-electron chi connectivity index (χ2n) is 5.84. The van der Waals surface area contributed by atoms with Crippen LogP contribution in [0.5, 0.6) is 5.75 Å². The second kappa shape index (κ2) is 8.90. The highest BCUT2D eigenvalue weighted by atomic mass is 19.1. The first kappa shape index (κ1) is 19.2. The predicted octanol–water partition coefficient (Wildman–Crippen LogP) is 3.67. The molecule has 0 atom stereocenters. The third kappa shape index (κ3) is 4.59. The highest BCUT2D eigenvalue weighted by molar-refractivity contribution is 6.02. The first-order valence-corrected chi connectivity index (χ1v) is 8.53. The lowest BCUT2D eigenvalue weighted by atomic mass is 10.1. The number of ether oxygens (including phenoxy) is 1. The Morgan fingerprint density at radius 1 is 1.00 bits per heavy atom. The van der Waals surface area contributed by atoms with Crippen molar-refractivity contribution in [3.63, 3.8) is 0 Å². The zero-order valence-corrected chi connectivity index (χ0v) is 15.1. The monoisotopic (exact) mass is 384 g/mol. The summed E-state index contributed by atoms with van der Waals surface area (Å²) in [4.78, 5) is 12.1. The minimum Gasteiger partial charge on any atom is -0.496 e. The highest BCUT2D eigenvalue weighted by Crippen LogP contribution is 2.19. The molecule has 0 unspecified atom stereocenters. The van der Waals surface area contributed by atoms with Crippen molar-refractivity contribution in [3.8, 4) is 5.75 Å². The van der Waals surface area contributed by atoms with Crippen molar-refractivity contribution >= 4 is 17.4 Å². The van der Waals surface area contributed by atoms with Crippen molar-refractivity contribution in [3.05, 3.63) is 77.5 Å². The summed E-state index contributed by atoms with van der Waals surface area (Å²) in [7, 11) is 1.62. The number of carbonyl (C=O) groups is 1. The Morgan fingerprint density at radius 2 is 1.75 bits per heavy atom. The van der Waals surface area contributed by atoms with Gasteiger partial charge in [0.1, 0.15) is 28.9 Å². The molecule has 2 N–H and O–H groups in total. The van der Waals surface area contributed by atoms with Crippen LogP contribution in [0.3, 0.4) is 0 Å². The molecule has 2 aromatic carbocycles. The number of anilines is 2. The number of methoxy groups -OCH3 is 1. The van der Waals surface area contributed by atoms with Crippen LogP contribution in [0.15, 0.2) is 54.6 Å². The van der Waals surface area contributed by atoms with Gasteiger partial charge in [-0.2, -0.15) is 0 Å². The molecule has 0 bridgehead atoms. The molecule has 0 fully saturated rings. The zero-order valence-electron chi connectivity index (χ0n) is 15.1. The van der Waals surface area contributed by atoms with Crippen molar-refractivity contribution in [1.82, 2.24) is 10.2 Å². The standard InChI is InChI=1S/C20H18F2N4O2/c1-28-17-8-3-2-5-13(17)11-12-23-18-10-9-16(25-26-18)20(27)24-19-14(21)6-4-7-15(19)22/h2-10H,11-12H2,1H3,(H,23,26)(H,24,27). The van der Waals surface area contributed by atoms with Crippen LogP contribution in [-0.4, -0.2) is 29.8 Å². The number of aromatic nitrogens is 2. The molecule has 8 heteroatoms. The lowest BCUT2D eigenvalue weighted by Crippen LogP contribution is -2.17. The Hall–Kier alpha value is -3.55. The van der Waals surface area contributed by atoms with Gasteiger partial charge in [0.05, 0.1) is 7.11 Å². The molecule has 0 saturated heterocycles. The quantitative estimate of drug-likeness (QED) is 0.650. The first-order chi connectivity index (χ1) is 13.6. The van der Waals surface area contributed by atoms with Crippen LogP contribution in [0.4, 0.5) is 20.3 Å². The third-order valence-corrected chi connectivity index (χ3v) is 3.99. The van der Waals surface area contributed by atoms with Gasteiger partial charge in [-0.25, -0.2) is 8.78 Å². The molecule has 0 saturated carbocycles. The Labute approximate surface area is 160 Å². The fourth-order valence-electron chi connectivity index (χ4n) is 2.58. The molecule has 0 aliphatic rings. The Bertz CT molecular complexity index is 944. The lowest BCUT2D eigenvalue weighted by Gasteiger charge is -2.09. The van der Waals surface area contributed by atoms with Gasteiger partial charge in [-0.1, -0.05) is 24.3 Å².